The van der Waals surface area contributed by atoms with E-state index in [9.17, 15) is 4.79 Å². The molecule has 0 aliphatic heterocycles. The minimum Gasteiger partial charge on any atom is -0.481 e. The molecule has 0 aromatic carbocycles. The highest BCUT2D eigenvalue weighted by molar-refractivity contribution is 6.04. The van der Waals surface area contributed by atoms with E-state index in [1.54, 1.807) is 29.4 Å². The molecule has 0 unspecified atom stereocenters. The average Bonchev–Trinajstić information content (AvgIpc) is 2.47. The normalized spacial score (nSPS) is 9.95. The monoisotopic (exact) mass is 273 g/mol. The molecule has 7 heteroatoms. The number of hydrogen-bond acceptors (Lipinski definition) is 6. The second-order valence-corrected chi connectivity index (χ2v) is 4.21. The average molecular weight is 273 g/mol. The molecule has 0 spiro atoms. The van der Waals surface area contributed by atoms with Crippen LogP contribution in [0.4, 0.5) is 11.6 Å². The van der Waals surface area contributed by atoms with Gasteiger partial charge >= 0.3 is 0 Å². The van der Waals surface area contributed by atoms with Crippen LogP contribution < -0.4 is 15.0 Å². The van der Waals surface area contributed by atoms with E-state index < -0.39 is 0 Å². The molecule has 0 fully saturated rings. The summed E-state index contributed by atoms with van der Waals surface area (Å²) >= 11 is 0. The minimum atomic E-state index is -0.271. The molecular weight excluding hydrogens is 258 g/mol. The van der Waals surface area contributed by atoms with Gasteiger partial charge in [0.1, 0.15) is 0 Å². The predicted octanol–water partition coefficient (Wildman–Crippen LogP) is 1.20. The zero-order valence-corrected chi connectivity index (χ0v) is 11.5. The molecule has 20 heavy (non-hydrogen) atoms. The van der Waals surface area contributed by atoms with Crippen LogP contribution in [0, 0.1) is 0 Å². The Morgan fingerprint density at radius 1 is 1.25 bits per heavy atom. The lowest BCUT2D eigenvalue weighted by atomic mass is 10.2. The summed E-state index contributed by atoms with van der Waals surface area (Å²) in [6.45, 7) is 0. The second kappa shape index (κ2) is 5.96. The van der Waals surface area contributed by atoms with Gasteiger partial charge in [-0.3, -0.25) is 4.79 Å². The number of aromatic nitrogens is 3. The second-order valence-electron chi connectivity index (χ2n) is 4.21. The fraction of sp³-hybridized carbons (Fsp3) is 0.231. The van der Waals surface area contributed by atoms with Gasteiger partial charge in [-0.05, 0) is 6.07 Å². The van der Waals surface area contributed by atoms with Crippen molar-refractivity contribution >= 4 is 17.5 Å². The molecule has 2 aromatic rings. The van der Waals surface area contributed by atoms with Gasteiger partial charge in [0.05, 0.1) is 25.2 Å². The molecule has 1 amide bonds. The quantitative estimate of drug-likeness (QED) is 0.901. The summed E-state index contributed by atoms with van der Waals surface area (Å²) in [5, 5.41) is 2.71. The molecule has 104 valence electrons. The van der Waals surface area contributed by atoms with Crippen molar-refractivity contribution in [3.05, 3.63) is 36.3 Å². The zero-order valence-electron chi connectivity index (χ0n) is 11.5. The summed E-state index contributed by atoms with van der Waals surface area (Å²) in [7, 11) is 5.19. The van der Waals surface area contributed by atoms with E-state index in [4.69, 9.17) is 4.74 Å². The molecule has 0 bridgehead atoms. The van der Waals surface area contributed by atoms with Crippen molar-refractivity contribution in [1.29, 1.82) is 0 Å². The number of hydrogen-bond donors (Lipinski definition) is 1. The van der Waals surface area contributed by atoms with Crippen LogP contribution in [-0.2, 0) is 0 Å². The van der Waals surface area contributed by atoms with Crippen molar-refractivity contribution in [2.45, 2.75) is 0 Å². The van der Waals surface area contributed by atoms with E-state index in [0.29, 0.717) is 23.1 Å². The Hall–Kier alpha value is -2.70. The van der Waals surface area contributed by atoms with E-state index in [0.717, 1.165) is 0 Å². The Morgan fingerprint density at radius 3 is 2.55 bits per heavy atom. The van der Waals surface area contributed by atoms with E-state index in [1.165, 1.54) is 13.3 Å². The topological polar surface area (TPSA) is 80.2 Å². The standard InChI is InChI=1S/C13H15N5O2/c1-18(2)13-15-7-10(8-16-13)17-12(19)9-4-5-14-11(6-9)20-3/h4-8H,1-3H3,(H,17,19). The maximum absolute atomic E-state index is 12.0. The third-order valence-electron chi connectivity index (χ3n) is 2.50. The lowest BCUT2D eigenvalue weighted by Gasteiger charge is -2.10. The fourth-order valence-corrected chi connectivity index (χ4v) is 1.48. The summed E-state index contributed by atoms with van der Waals surface area (Å²) in [6, 6.07) is 3.16. The van der Waals surface area contributed by atoms with Crippen LogP contribution >= 0.6 is 0 Å². The summed E-state index contributed by atoms with van der Waals surface area (Å²) < 4.78 is 4.98. The third-order valence-corrected chi connectivity index (χ3v) is 2.50. The lowest BCUT2D eigenvalue weighted by molar-refractivity contribution is 0.102. The van der Waals surface area contributed by atoms with Crippen LogP contribution in [0.5, 0.6) is 5.88 Å². The van der Waals surface area contributed by atoms with E-state index in [-0.39, 0.29) is 5.91 Å². The Kier molecular flexibility index (Phi) is 4.09. The minimum absolute atomic E-state index is 0.271. The molecule has 2 aromatic heterocycles. The number of nitrogens with zero attached hydrogens (tertiary/aromatic N) is 4. The van der Waals surface area contributed by atoms with Crippen LogP contribution in [-0.4, -0.2) is 42.1 Å². The molecule has 1 N–H and O–H groups in total. The van der Waals surface area contributed by atoms with Gasteiger partial charge in [0.2, 0.25) is 11.8 Å². The smallest absolute Gasteiger partial charge is 0.255 e. The molecule has 7 nitrogen and oxygen atoms in total. The Bertz CT molecular complexity index is 598. The number of nitrogens with one attached hydrogen (secondary N) is 1. The number of carbonyl (C=O) groups excluding carboxylic acids is 1. The van der Waals surface area contributed by atoms with E-state index in [1.807, 2.05) is 14.1 Å². The number of pyridine rings is 1. The van der Waals surface area contributed by atoms with Crippen molar-refractivity contribution in [2.24, 2.45) is 0 Å². The van der Waals surface area contributed by atoms with Crippen molar-refractivity contribution in [1.82, 2.24) is 15.0 Å². The molecule has 0 atom stereocenters. The van der Waals surface area contributed by atoms with Gasteiger partial charge < -0.3 is 15.0 Å². The maximum atomic E-state index is 12.0. The van der Waals surface area contributed by atoms with Crippen LogP contribution in [0.2, 0.25) is 0 Å². The highest BCUT2D eigenvalue weighted by Gasteiger charge is 2.08. The number of amides is 1. The molecular formula is C13H15N5O2. The Morgan fingerprint density at radius 2 is 1.95 bits per heavy atom. The van der Waals surface area contributed by atoms with Gasteiger partial charge in [0, 0.05) is 31.9 Å². The Labute approximate surface area is 116 Å². The molecule has 2 rings (SSSR count). The Balaban J connectivity index is 2.10. The molecule has 0 saturated heterocycles. The number of rotatable bonds is 4. The van der Waals surface area contributed by atoms with Gasteiger partial charge in [0.15, 0.2) is 0 Å². The zero-order chi connectivity index (χ0) is 14.5. The highest BCUT2D eigenvalue weighted by Crippen LogP contribution is 2.12. The molecule has 0 saturated carbocycles. The number of ether oxygens (including phenoxy) is 1. The number of anilines is 2. The van der Waals surface area contributed by atoms with Crippen molar-refractivity contribution in [3.8, 4) is 5.88 Å². The van der Waals surface area contributed by atoms with Crippen LogP contribution in [0.15, 0.2) is 30.7 Å². The number of methoxy groups -OCH3 is 1. The first kappa shape index (κ1) is 13.7. The van der Waals surface area contributed by atoms with Gasteiger partial charge in [-0.1, -0.05) is 0 Å². The molecule has 0 aliphatic carbocycles. The van der Waals surface area contributed by atoms with Crippen LogP contribution in [0.25, 0.3) is 0 Å². The lowest BCUT2D eigenvalue weighted by Crippen LogP contribution is -2.15. The third kappa shape index (κ3) is 3.19. The van der Waals surface area contributed by atoms with Gasteiger partial charge in [-0.2, -0.15) is 0 Å². The summed E-state index contributed by atoms with van der Waals surface area (Å²) in [5.41, 5.74) is 0.977. The molecule has 0 aliphatic rings. The first-order chi connectivity index (χ1) is 9.60. The van der Waals surface area contributed by atoms with Crippen LogP contribution in [0.1, 0.15) is 10.4 Å². The predicted molar refractivity (Wildman–Crippen MR) is 75.1 cm³/mol. The van der Waals surface area contributed by atoms with E-state index in [2.05, 4.69) is 20.3 Å². The van der Waals surface area contributed by atoms with Crippen molar-refractivity contribution < 1.29 is 9.53 Å². The highest BCUT2D eigenvalue weighted by atomic mass is 16.5. The molecule has 0 radical (unpaired) electrons. The largest absolute Gasteiger partial charge is 0.481 e. The van der Waals surface area contributed by atoms with Gasteiger partial charge in [-0.15, -0.1) is 0 Å². The van der Waals surface area contributed by atoms with Gasteiger partial charge in [0.25, 0.3) is 5.91 Å². The SMILES string of the molecule is COc1cc(C(=O)Nc2cnc(N(C)C)nc2)ccn1. The number of carbonyl (C=O) groups is 1. The van der Waals surface area contributed by atoms with Gasteiger partial charge in [-0.25, -0.2) is 15.0 Å². The molecule has 2 heterocycles. The first-order valence-electron chi connectivity index (χ1n) is 5.91. The maximum Gasteiger partial charge on any atom is 0.255 e. The van der Waals surface area contributed by atoms with Crippen molar-refractivity contribution in [3.63, 3.8) is 0 Å². The van der Waals surface area contributed by atoms with Crippen LogP contribution in [0.3, 0.4) is 0 Å². The first-order valence-corrected chi connectivity index (χ1v) is 5.91. The van der Waals surface area contributed by atoms with Crippen molar-refractivity contribution in [2.75, 3.05) is 31.4 Å². The fourth-order valence-electron chi connectivity index (χ4n) is 1.48. The summed E-state index contributed by atoms with van der Waals surface area (Å²) in [5.74, 6) is 0.692. The summed E-state index contributed by atoms with van der Waals surface area (Å²) in [6.07, 6.45) is 4.62. The summed E-state index contributed by atoms with van der Waals surface area (Å²) in [4.78, 5) is 26.0. The van der Waals surface area contributed by atoms with E-state index >= 15 is 0 Å².